The standard InChI is InChI=1S/C21H43N3O/c1-3-4-5-6-7-8-9-10-11-12-13-14-15-16-21(25)22-24-19-17-23(2)18-20-24/h3-20H2,1-2H3,(H,22,25). The van der Waals surface area contributed by atoms with E-state index in [4.69, 9.17) is 0 Å². The minimum atomic E-state index is 0.202. The van der Waals surface area contributed by atoms with Gasteiger partial charge in [-0.2, -0.15) is 0 Å². The average Bonchev–Trinajstić information content (AvgIpc) is 2.61. The minimum Gasteiger partial charge on any atom is -0.304 e. The van der Waals surface area contributed by atoms with E-state index in [1.54, 1.807) is 0 Å². The monoisotopic (exact) mass is 353 g/mol. The highest BCUT2D eigenvalue weighted by Crippen LogP contribution is 2.13. The first-order chi connectivity index (χ1) is 12.2. The number of nitrogens with one attached hydrogen (secondary N) is 1. The molecule has 1 N–H and O–H groups in total. The van der Waals surface area contributed by atoms with Gasteiger partial charge in [-0.15, -0.1) is 0 Å². The van der Waals surface area contributed by atoms with E-state index in [0.29, 0.717) is 6.42 Å². The average molecular weight is 354 g/mol. The minimum absolute atomic E-state index is 0.202. The van der Waals surface area contributed by atoms with Crippen LogP contribution in [0.2, 0.25) is 0 Å². The zero-order valence-electron chi connectivity index (χ0n) is 17.0. The van der Waals surface area contributed by atoms with Crippen molar-refractivity contribution < 1.29 is 4.79 Å². The number of amides is 1. The lowest BCUT2D eigenvalue weighted by molar-refractivity contribution is -0.126. The van der Waals surface area contributed by atoms with Crippen LogP contribution in [0.4, 0.5) is 0 Å². The molecule has 1 aliphatic rings. The molecule has 1 heterocycles. The highest BCUT2D eigenvalue weighted by Gasteiger charge is 2.15. The van der Waals surface area contributed by atoms with Gasteiger partial charge in [-0.05, 0) is 13.5 Å². The lowest BCUT2D eigenvalue weighted by atomic mass is 10.0. The predicted octanol–water partition coefficient (Wildman–Crippen LogP) is 4.75. The summed E-state index contributed by atoms with van der Waals surface area (Å²) < 4.78 is 0. The first-order valence-electron chi connectivity index (χ1n) is 11.0. The fourth-order valence-corrected chi connectivity index (χ4v) is 3.45. The number of carbonyl (C=O) groups is 1. The van der Waals surface area contributed by atoms with Crippen molar-refractivity contribution in [2.45, 2.75) is 96.8 Å². The topological polar surface area (TPSA) is 35.6 Å². The van der Waals surface area contributed by atoms with Crippen LogP contribution < -0.4 is 5.43 Å². The normalized spacial score (nSPS) is 16.2. The Labute approximate surface area is 156 Å². The molecular weight excluding hydrogens is 310 g/mol. The highest BCUT2D eigenvalue weighted by molar-refractivity contribution is 5.75. The molecule has 1 rings (SSSR count). The Morgan fingerprint density at radius 1 is 0.720 bits per heavy atom. The van der Waals surface area contributed by atoms with Crippen molar-refractivity contribution in [3.63, 3.8) is 0 Å². The fourth-order valence-electron chi connectivity index (χ4n) is 3.45. The van der Waals surface area contributed by atoms with Gasteiger partial charge in [-0.3, -0.25) is 10.2 Å². The summed E-state index contributed by atoms with van der Waals surface area (Å²) >= 11 is 0. The molecule has 0 aliphatic carbocycles. The quantitative estimate of drug-likeness (QED) is 0.432. The van der Waals surface area contributed by atoms with Gasteiger partial charge < -0.3 is 4.90 Å². The molecule has 4 heteroatoms. The molecule has 0 spiro atoms. The predicted molar refractivity (Wildman–Crippen MR) is 108 cm³/mol. The number of unbranched alkanes of at least 4 members (excludes halogenated alkanes) is 12. The summed E-state index contributed by atoms with van der Waals surface area (Å²) in [6, 6.07) is 0. The van der Waals surface area contributed by atoms with Gasteiger partial charge in [-0.25, -0.2) is 5.01 Å². The molecule has 0 radical (unpaired) electrons. The Morgan fingerprint density at radius 3 is 1.64 bits per heavy atom. The van der Waals surface area contributed by atoms with Gasteiger partial charge in [0, 0.05) is 32.6 Å². The highest BCUT2D eigenvalue weighted by atomic mass is 16.2. The van der Waals surface area contributed by atoms with E-state index in [1.165, 1.54) is 77.0 Å². The first kappa shape index (κ1) is 22.4. The van der Waals surface area contributed by atoms with Gasteiger partial charge in [0.2, 0.25) is 5.91 Å². The maximum Gasteiger partial charge on any atom is 0.234 e. The smallest absolute Gasteiger partial charge is 0.234 e. The summed E-state index contributed by atoms with van der Waals surface area (Å²) in [4.78, 5) is 14.2. The van der Waals surface area contributed by atoms with Gasteiger partial charge in [-0.1, -0.05) is 84.0 Å². The van der Waals surface area contributed by atoms with Crippen molar-refractivity contribution in [1.82, 2.24) is 15.3 Å². The van der Waals surface area contributed by atoms with Crippen molar-refractivity contribution in [2.24, 2.45) is 0 Å². The van der Waals surface area contributed by atoms with Crippen molar-refractivity contribution in [3.8, 4) is 0 Å². The molecule has 0 atom stereocenters. The van der Waals surface area contributed by atoms with Crippen LogP contribution >= 0.6 is 0 Å². The van der Waals surface area contributed by atoms with Crippen molar-refractivity contribution in [1.29, 1.82) is 0 Å². The second-order valence-corrected chi connectivity index (χ2v) is 7.82. The van der Waals surface area contributed by atoms with E-state index in [1.807, 2.05) is 0 Å². The maximum atomic E-state index is 11.9. The van der Waals surface area contributed by atoms with Crippen molar-refractivity contribution in [3.05, 3.63) is 0 Å². The molecule has 1 fully saturated rings. The third-order valence-electron chi connectivity index (χ3n) is 5.29. The second-order valence-electron chi connectivity index (χ2n) is 7.82. The Bertz CT molecular complexity index is 314. The van der Waals surface area contributed by atoms with Crippen LogP contribution in [0.25, 0.3) is 0 Å². The fraction of sp³-hybridized carbons (Fsp3) is 0.952. The van der Waals surface area contributed by atoms with Crippen molar-refractivity contribution >= 4 is 5.91 Å². The Morgan fingerprint density at radius 2 is 1.16 bits per heavy atom. The summed E-state index contributed by atoms with van der Waals surface area (Å²) in [6.45, 7) is 6.25. The SMILES string of the molecule is CCCCCCCCCCCCCCCC(=O)NN1CCN(C)CC1. The van der Waals surface area contributed by atoms with E-state index in [9.17, 15) is 4.79 Å². The van der Waals surface area contributed by atoms with Gasteiger partial charge in [0.05, 0.1) is 0 Å². The van der Waals surface area contributed by atoms with Crippen LogP contribution in [0, 0.1) is 0 Å². The summed E-state index contributed by atoms with van der Waals surface area (Å²) in [6.07, 6.45) is 18.2. The molecule has 148 valence electrons. The molecule has 1 amide bonds. The number of hydrogen-bond donors (Lipinski definition) is 1. The number of likely N-dealkylation sites (N-methyl/N-ethyl adjacent to an activating group) is 1. The number of hydrogen-bond acceptors (Lipinski definition) is 3. The van der Waals surface area contributed by atoms with E-state index in [-0.39, 0.29) is 5.91 Å². The molecule has 1 saturated heterocycles. The number of hydrazine groups is 1. The van der Waals surface area contributed by atoms with Crippen LogP contribution in [0.5, 0.6) is 0 Å². The molecule has 1 aliphatic heterocycles. The molecule has 0 bridgehead atoms. The summed E-state index contributed by atoms with van der Waals surface area (Å²) in [5, 5.41) is 2.07. The Kier molecular flexibility index (Phi) is 14.0. The molecule has 0 aromatic heterocycles. The van der Waals surface area contributed by atoms with Crippen LogP contribution in [0.3, 0.4) is 0 Å². The molecule has 0 aromatic carbocycles. The maximum absolute atomic E-state index is 11.9. The first-order valence-corrected chi connectivity index (χ1v) is 11.0. The molecule has 4 nitrogen and oxygen atoms in total. The van der Waals surface area contributed by atoms with Gasteiger partial charge in [0.1, 0.15) is 0 Å². The Hall–Kier alpha value is -0.610. The lowest BCUT2D eigenvalue weighted by Crippen LogP contribution is -2.52. The molecule has 0 unspecified atom stereocenters. The van der Waals surface area contributed by atoms with Crippen LogP contribution in [-0.2, 0) is 4.79 Å². The van der Waals surface area contributed by atoms with E-state index in [0.717, 1.165) is 32.6 Å². The van der Waals surface area contributed by atoms with Crippen LogP contribution in [-0.4, -0.2) is 49.0 Å². The largest absolute Gasteiger partial charge is 0.304 e. The lowest BCUT2D eigenvalue weighted by Gasteiger charge is -2.32. The van der Waals surface area contributed by atoms with Gasteiger partial charge >= 0.3 is 0 Å². The van der Waals surface area contributed by atoms with Crippen molar-refractivity contribution in [2.75, 3.05) is 33.2 Å². The summed E-state index contributed by atoms with van der Waals surface area (Å²) in [5.41, 5.74) is 3.05. The third-order valence-corrected chi connectivity index (χ3v) is 5.29. The molecular formula is C21H43N3O. The zero-order chi connectivity index (χ0) is 18.2. The zero-order valence-corrected chi connectivity index (χ0v) is 17.0. The third kappa shape index (κ3) is 13.3. The number of piperazine rings is 1. The second kappa shape index (κ2) is 15.6. The van der Waals surface area contributed by atoms with E-state index >= 15 is 0 Å². The number of carbonyl (C=O) groups excluding carboxylic acids is 1. The Balaban J connectivity index is 1.78. The van der Waals surface area contributed by atoms with Crippen LogP contribution in [0.1, 0.15) is 96.8 Å². The molecule has 0 aromatic rings. The van der Waals surface area contributed by atoms with E-state index in [2.05, 4.69) is 29.3 Å². The molecule has 25 heavy (non-hydrogen) atoms. The summed E-state index contributed by atoms with van der Waals surface area (Å²) in [5.74, 6) is 0.202. The number of rotatable bonds is 15. The van der Waals surface area contributed by atoms with E-state index < -0.39 is 0 Å². The van der Waals surface area contributed by atoms with Gasteiger partial charge in [0.25, 0.3) is 0 Å². The molecule has 0 saturated carbocycles. The van der Waals surface area contributed by atoms with Crippen LogP contribution in [0.15, 0.2) is 0 Å². The van der Waals surface area contributed by atoms with Gasteiger partial charge in [0.15, 0.2) is 0 Å². The number of nitrogens with zero attached hydrogens (tertiary/aromatic N) is 2. The summed E-state index contributed by atoms with van der Waals surface area (Å²) in [7, 11) is 2.13.